The molecule has 10 heteroatoms. The predicted octanol–water partition coefficient (Wildman–Crippen LogP) is 4.43. The molecule has 0 radical (unpaired) electrons. The van der Waals surface area contributed by atoms with Crippen molar-refractivity contribution in [3.8, 4) is 0 Å². The first-order valence-corrected chi connectivity index (χ1v) is 10.4. The maximum Gasteiger partial charge on any atom is 0.416 e. The number of alkyl halides is 3. The third-order valence-electron chi connectivity index (χ3n) is 4.11. The summed E-state index contributed by atoms with van der Waals surface area (Å²) in [6, 6.07) is 13.2. The molecule has 1 aromatic heterocycles. The molecule has 3 aromatic rings. The standard InChI is InChI=1S/C21H17F3N2O4S/c22-21(23,24)16-6-3-15(4-7-16)5-12-20(27)26-17-8-10-19(11-9-17)31(28,29)25-14-18-2-1-13-30-18/h1-13,25H,14H2,(H,26,27)/b12-5+. The molecular weight excluding hydrogens is 433 g/mol. The van der Waals surface area contributed by atoms with Crippen LogP contribution in [0.3, 0.4) is 0 Å². The minimum atomic E-state index is -4.42. The average Bonchev–Trinajstić information content (AvgIpc) is 3.25. The molecule has 2 N–H and O–H groups in total. The first-order valence-electron chi connectivity index (χ1n) is 8.92. The van der Waals surface area contributed by atoms with Gasteiger partial charge in [0, 0.05) is 11.8 Å². The fourth-order valence-corrected chi connectivity index (χ4v) is 3.51. The van der Waals surface area contributed by atoms with Crippen LogP contribution in [0.1, 0.15) is 16.9 Å². The minimum absolute atomic E-state index is 0.00254. The summed E-state index contributed by atoms with van der Waals surface area (Å²) >= 11 is 0. The molecule has 0 spiro atoms. The molecule has 1 amide bonds. The Morgan fingerprint density at radius 2 is 1.68 bits per heavy atom. The Bertz CT molecular complexity index is 1150. The highest BCUT2D eigenvalue weighted by Crippen LogP contribution is 2.29. The fraction of sp³-hybridized carbons (Fsp3) is 0.0952. The van der Waals surface area contributed by atoms with E-state index in [1.54, 1.807) is 12.1 Å². The summed E-state index contributed by atoms with van der Waals surface area (Å²) in [5.74, 6) is -0.0567. The van der Waals surface area contributed by atoms with Gasteiger partial charge in [0.2, 0.25) is 15.9 Å². The lowest BCUT2D eigenvalue weighted by Gasteiger charge is -2.07. The summed E-state index contributed by atoms with van der Waals surface area (Å²) in [4.78, 5) is 12.0. The van der Waals surface area contributed by atoms with Gasteiger partial charge in [-0.2, -0.15) is 13.2 Å². The van der Waals surface area contributed by atoms with Gasteiger partial charge >= 0.3 is 6.18 Å². The summed E-state index contributed by atoms with van der Waals surface area (Å²) < 4.78 is 69.7. The number of anilines is 1. The Balaban J connectivity index is 1.57. The van der Waals surface area contributed by atoms with E-state index in [1.807, 2.05) is 0 Å². The number of hydrogen-bond donors (Lipinski definition) is 2. The Kier molecular flexibility index (Phi) is 6.62. The number of hydrogen-bond acceptors (Lipinski definition) is 4. The summed E-state index contributed by atoms with van der Waals surface area (Å²) in [7, 11) is -3.76. The van der Waals surface area contributed by atoms with E-state index < -0.39 is 27.7 Å². The number of carbonyl (C=O) groups excluding carboxylic acids is 1. The molecule has 31 heavy (non-hydrogen) atoms. The topological polar surface area (TPSA) is 88.4 Å². The first-order chi connectivity index (χ1) is 14.6. The number of rotatable bonds is 7. The van der Waals surface area contributed by atoms with Crippen molar-refractivity contribution in [2.75, 3.05) is 5.32 Å². The van der Waals surface area contributed by atoms with Crippen molar-refractivity contribution < 1.29 is 30.8 Å². The maximum absolute atomic E-state index is 12.6. The number of carbonyl (C=O) groups is 1. The fourth-order valence-electron chi connectivity index (χ4n) is 2.52. The van der Waals surface area contributed by atoms with Gasteiger partial charge < -0.3 is 9.73 Å². The van der Waals surface area contributed by atoms with Crippen molar-refractivity contribution in [3.63, 3.8) is 0 Å². The molecule has 3 rings (SSSR count). The van der Waals surface area contributed by atoms with E-state index >= 15 is 0 Å². The average molecular weight is 450 g/mol. The molecule has 0 saturated heterocycles. The molecule has 0 fully saturated rings. The molecule has 1 heterocycles. The second-order valence-corrected chi connectivity index (χ2v) is 8.14. The lowest BCUT2D eigenvalue weighted by molar-refractivity contribution is -0.137. The van der Waals surface area contributed by atoms with Crippen LogP contribution in [0.4, 0.5) is 18.9 Å². The molecule has 2 aromatic carbocycles. The van der Waals surface area contributed by atoms with E-state index in [0.717, 1.165) is 18.2 Å². The molecule has 0 bridgehead atoms. The van der Waals surface area contributed by atoms with Crippen molar-refractivity contribution in [3.05, 3.63) is 89.9 Å². The Hall–Kier alpha value is -3.37. The number of benzene rings is 2. The van der Waals surface area contributed by atoms with Crippen molar-refractivity contribution >= 4 is 27.7 Å². The van der Waals surface area contributed by atoms with Crippen LogP contribution >= 0.6 is 0 Å². The van der Waals surface area contributed by atoms with Crippen molar-refractivity contribution in [2.24, 2.45) is 0 Å². The van der Waals surface area contributed by atoms with Crippen LogP contribution in [0.2, 0.25) is 0 Å². The third kappa shape index (κ3) is 6.30. The number of sulfonamides is 1. The second kappa shape index (κ2) is 9.19. The zero-order valence-electron chi connectivity index (χ0n) is 15.9. The van der Waals surface area contributed by atoms with Crippen LogP contribution in [0.25, 0.3) is 6.08 Å². The van der Waals surface area contributed by atoms with Crippen LogP contribution in [0.15, 0.2) is 82.3 Å². The predicted molar refractivity (Wildman–Crippen MR) is 108 cm³/mol. The molecule has 0 aliphatic heterocycles. The van der Waals surface area contributed by atoms with Crippen LogP contribution in [-0.2, 0) is 27.5 Å². The largest absolute Gasteiger partial charge is 0.468 e. The highest BCUT2D eigenvalue weighted by atomic mass is 32.2. The van der Waals surface area contributed by atoms with Crippen LogP contribution < -0.4 is 10.0 Å². The van der Waals surface area contributed by atoms with Crippen LogP contribution in [-0.4, -0.2) is 14.3 Å². The van der Waals surface area contributed by atoms with Gasteiger partial charge in [-0.15, -0.1) is 0 Å². The Morgan fingerprint density at radius 1 is 1.00 bits per heavy atom. The summed E-state index contributed by atoms with van der Waals surface area (Å²) in [6.45, 7) is 0.00254. The third-order valence-corrected chi connectivity index (χ3v) is 5.53. The van der Waals surface area contributed by atoms with E-state index in [9.17, 15) is 26.4 Å². The monoisotopic (exact) mass is 450 g/mol. The van der Waals surface area contributed by atoms with E-state index in [0.29, 0.717) is 17.0 Å². The van der Waals surface area contributed by atoms with Crippen LogP contribution in [0, 0.1) is 0 Å². The Labute approximate surface area is 176 Å². The van der Waals surface area contributed by atoms with Gasteiger partial charge in [0.15, 0.2) is 0 Å². The smallest absolute Gasteiger partial charge is 0.416 e. The molecule has 0 aliphatic carbocycles. The minimum Gasteiger partial charge on any atom is -0.468 e. The highest BCUT2D eigenvalue weighted by molar-refractivity contribution is 7.89. The van der Waals surface area contributed by atoms with Crippen molar-refractivity contribution in [1.82, 2.24) is 4.72 Å². The molecule has 0 atom stereocenters. The van der Waals surface area contributed by atoms with Crippen molar-refractivity contribution in [1.29, 1.82) is 0 Å². The number of nitrogens with one attached hydrogen (secondary N) is 2. The van der Waals surface area contributed by atoms with Gasteiger partial charge in [-0.3, -0.25) is 4.79 Å². The summed E-state index contributed by atoms with van der Waals surface area (Å²) in [5.41, 5.74) is 0.00192. The quantitative estimate of drug-likeness (QED) is 0.522. The van der Waals surface area contributed by atoms with E-state index in [-0.39, 0.29) is 11.4 Å². The summed E-state index contributed by atoms with van der Waals surface area (Å²) in [6.07, 6.45) is -0.453. The van der Waals surface area contributed by atoms with Crippen LogP contribution in [0.5, 0.6) is 0 Å². The number of furan rings is 1. The van der Waals surface area contributed by atoms with Crippen molar-refractivity contribution in [2.45, 2.75) is 17.6 Å². The number of amides is 1. The Morgan fingerprint density at radius 3 is 2.26 bits per heavy atom. The van der Waals surface area contributed by atoms with Gasteiger partial charge in [0.25, 0.3) is 0 Å². The SMILES string of the molecule is O=C(/C=C/c1ccc(C(F)(F)F)cc1)Nc1ccc(S(=O)(=O)NCc2ccco2)cc1. The van der Waals surface area contributed by atoms with E-state index in [4.69, 9.17) is 4.42 Å². The molecule has 162 valence electrons. The number of halogens is 3. The van der Waals surface area contributed by atoms with Gasteiger partial charge in [-0.05, 0) is 60.2 Å². The summed E-state index contributed by atoms with van der Waals surface area (Å²) in [5, 5.41) is 2.54. The molecule has 0 unspecified atom stereocenters. The van der Waals surface area contributed by atoms with E-state index in [2.05, 4.69) is 10.0 Å². The second-order valence-electron chi connectivity index (χ2n) is 6.37. The molecule has 0 aliphatic rings. The lowest BCUT2D eigenvalue weighted by Crippen LogP contribution is -2.23. The maximum atomic E-state index is 12.6. The highest BCUT2D eigenvalue weighted by Gasteiger charge is 2.29. The van der Waals surface area contributed by atoms with Gasteiger partial charge in [-0.1, -0.05) is 12.1 Å². The molecule has 6 nitrogen and oxygen atoms in total. The molecule has 0 saturated carbocycles. The van der Waals surface area contributed by atoms with Gasteiger partial charge in [-0.25, -0.2) is 13.1 Å². The lowest BCUT2D eigenvalue weighted by atomic mass is 10.1. The zero-order chi connectivity index (χ0) is 22.5. The normalized spacial score (nSPS) is 12.2. The van der Waals surface area contributed by atoms with Gasteiger partial charge in [0.1, 0.15) is 5.76 Å². The van der Waals surface area contributed by atoms with E-state index in [1.165, 1.54) is 48.7 Å². The zero-order valence-corrected chi connectivity index (χ0v) is 16.7. The first kappa shape index (κ1) is 22.3. The molecular formula is C21H17F3N2O4S. The van der Waals surface area contributed by atoms with Gasteiger partial charge in [0.05, 0.1) is 23.3 Å².